The van der Waals surface area contributed by atoms with Crippen LogP contribution in [0.25, 0.3) is 10.8 Å². The highest BCUT2D eigenvalue weighted by Gasteiger charge is 2.70. The molecule has 5 heteroatoms. The minimum absolute atomic E-state index is 0.0712. The summed E-state index contributed by atoms with van der Waals surface area (Å²) in [6.45, 7) is 0. The molecule has 0 spiro atoms. The van der Waals surface area contributed by atoms with Crippen molar-refractivity contribution in [3.8, 4) is 0 Å². The molecule has 0 amide bonds. The first-order valence-corrected chi connectivity index (χ1v) is 5.87. The highest BCUT2D eigenvalue weighted by atomic mass is 19.4. The number of rotatable bonds is 0. The molecule has 2 aromatic carbocycles. The van der Waals surface area contributed by atoms with Crippen molar-refractivity contribution in [2.75, 3.05) is 14.1 Å². The van der Waals surface area contributed by atoms with Gasteiger partial charge >= 0.3 is 11.9 Å². The molecule has 0 saturated heterocycles. The van der Waals surface area contributed by atoms with Gasteiger partial charge in [-0.05, 0) is 17.5 Å². The molecule has 0 bridgehead atoms. The fourth-order valence-electron chi connectivity index (χ4n) is 3.02. The van der Waals surface area contributed by atoms with Crippen LogP contribution in [-0.4, -0.2) is 25.4 Å². The summed E-state index contributed by atoms with van der Waals surface area (Å²) in [5.74, 6) is 0. The number of benzene rings is 2. The molecule has 0 aromatic heterocycles. The van der Waals surface area contributed by atoms with Gasteiger partial charge in [-0.1, -0.05) is 24.3 Å². The SMILES string of the molecule is C[N+]1(C)c2cccc3cccc(c23)[C@]1(O)C(F)(F)F. The second-order valence-corrected chi connectivity index (χ2v) is 5.30. The maximum atomic E-state index is 13.5. The van der Waals surface area contributed by atoms with Crippen LogP contribution in [0, 0.1) is 0 Å². The van der Waals surface area contributed by atoms with Gasteiger partial charge in [-0.25, -0.2) is 0 Å². The summed E-state index contributed by atoms with van der Waals surface area (Å²) in [6, 6.07) is 9.75. The highest BCUT2D eigenvalue weighted by molar-refractivity contribution is 5.99. The first-order valence-electron chi connectivity index (χ1n) is 5.87. The third-order valence-electron chi connectivity index (χ3n) is 4.06. The zero-order valence-corrected chi connectivity index (χ0v) is 10.5. The zero-order chi connectivity index (χ0) is 14.1. The van der Waals surface area contributed by atoms with Crippen LogP contribution in [0.5, 0.6) is 0 Å². The van der Waals surface area contributed by atoms with Crippen molar-refractivity contribution in [1.29, 1.82) is 0 Å². The second-order valence-electron chi connectivity index (χ2n) is 5.30. The van der Waals surface area contributed by atoms with Crippen molar-refractivity contribution < 1.29 is 18.3 Å². The Kier molecular flexibility index (Phi) is 2.16. The molecule has 0 fully saturated rings. The van der Waals surface area contributed by atoms with E-state index in [-0.39, 0.29) is 5.56 Å². The van der Waals surface area contributed by atoms with Crippen LogP contribution in [0.15, 0.2) is 36.4 Å². The molecular weight excluding hydrogens is 255 g/mol. The van der Waals surface area contributed by atoms with Crippen LogP contribution in [0.1, 0.15) is 5.56 Å². The summed E-state index contributed by atoms with van der Waals surface area (Å²) in [5.41, 5.74) is -2.50. The first-order chi connectivity index (χ1) is 8.71. The Labute approximate surface area is 108 Å². The van der Waals surface area contributed by atoms with Crippen LogP contribution in [0.2, 0.25) is 0 Å². The van der Waals surface area contributed by atoms with E-state index < -0.39 is 16.4 Å². The quantitative estimate of drug-likeness (QED) is 0.728. The van der Waals surface area contributed by atoms with E-state index in [1.807, 2.05) is 0 Å². The molecule has 1 atom stereocenters. The topological polar surface area (TPSA) is 20.2 Å². The molecule has 2 nitrogen and oxygen atoms in total. The molecule has 1 aliphatic heterocycles. The summed E-state index contributed by atoms with van der Waals surface area (Å²) in [4.78, 5) is 0. The van der Waals surface area contributed by atoms with E-state index in [4.69, 9.17) is 0 Å². The van der Waals surface area contributed by atoms with Crippen molar-refractivity contribution in [2.45, 2.75) is 11.9 Å². The predicted octanol–water partition coefficient (Wildman–Crippen LogP) is 3.13. The molecule has 1 N–H and O–H groups in total. The number of hydrogen-bond donors (Lipinski definition) is 1. The van der Waals surface area contributed by atoms with Gasteiger partial charge in [0.1, 0.15) is 5.69 Å². The number of aliphatic hydroxyl groups is 1. The first kappa shape index (κ1) is 12.4. The average Bonchev–Trinajstić information content (AvgIpc) is 2.51. The minimum Gasteiger partial charge on any atom is -0.331 e. The lowest BCUT2D eigenvalue weighted by molar-refractivity contribution is -0.308. The third kappa shape index (κ3) is 1.24. The van der Waals surface area contributed by atoms with Gasteiger partial charge in [-0.3, -0.25) is 4.48 Å². The average molecular weight is 268 g/mol. The monoisotopic (exact) mass is 268 g/mol. The van der Waals surface area contributed by atoms with E-state index in [1.54, 1.807) is 30.3 Å². The highest BCUT2D eigenvalue weighted by Crippen LogP contribution is 2.55. The smallest absolute Gasteiger partial charge is 0.331 e. The Hall–Kier alpha value is -1.59. The maximum absolute atomic E-state index is 13.5. The van der Waals surface area contributed by atoms with Crippen molar-refractivity contribution in [2.24, 2.45) is 0 Å². The van der Waals surface area contributed by atoms with E-state index in [1.165, 1.54) is 20.2 Å². The summed E-state index contributed by atoms with van der Waals surface area (Å²) < 4.78 is 39.8. The fraction of sp³-hybridized carbons (Fsp3) is 0.286. The van der Waals surface area contributed by atoms with E-state index in [2.05, 4.69) is 0 Å². The summed E-state index contributed by atoms with van der Waals surface area (Å²) in [5, 5.41) is 11.6. The molecule has 1 heterocycles. The molecule has 0 radical (unpaired) electrons. The van der Waals surface area contributed by atoms with Gasteiger partial charge < -0.3 is 5.11 Å². The zero-order valence-electron chi connectivity index (χ0n) is 10.5. The molecule has 0 saturated carbocycles. The molecule has 19 heavy (non-hydrogen) atoms. The standard InChI is InChI=1S/C14H13F3NO/c1-18(2)11-8-4-6-9-5-3-7-10(12(9)11)13(18,19)14(15,16)17/h3-8,19H,1-2H3/q+1/t13-/m0/s1. The van der Waals surface area contributed by atoms with Crippen molar-refractivity contribution in [1.82, 2.24) is 4.48 Å². The lowest BCUT2D eigenvalue weighted by Crippen LogP contribution is -2.63. The van der Waals surface area contributed by atoms with Gasteiger partial charge in [-0.2, -0.15) is 13.2 Å². The summed E-state index contributed by atoms with van der Waals surface area (Å²) in [7, 11) is 2.75. The van der Waals surface area contributed by atoms with Crippen LogP contribution in [-0.2, 0) is 5.72 Å². The Morgan fingerprint density at radius 3 is 2.21 bits per heavy atom. The molecule has 0 aliphatic carbocycles. The van der Waals surface area contributed by atoms with Gasteiger partial charge in [0, 0.05) is 0 Å². The minimum atomic E-state index is -4.75. The van der Waals surface area contributed by atoms with E-state index in [0.29, 0.717) is 16.5 Å². The number of nitrogens with zero attached hydrogens (tertiary/aromatic N) is 1. The van der Waals surface area contributed by atoms with Gasteiger partial charge in [0.25, 0.3) is 0 Å². The Morgan fingerprint density at radius 2 is 1.63 bits per heavy atom. The van der Waals surface area contributed by atoms with Crippen LogP contribution >= 0.6 is 0 Å². The fourth-order valence-corrected chi connectivity index (χ4v) is 3.02. The summed E-state index contributed by atoms with van der Waals surface area (Å²) in [6.07, 6.45) is -4.75. The lowest BCUT2D eigenvalue weighted by Gasteiger charge is -2.40. The van der Waals surface area contributed by atoms with E-state index >= 15 is 0 Å². The van der Waals surface area contributed by atoms with Crippen molar-refractivity contribution >= 4 is 16.5 Å². The van der Waals surface area contributed by atoms with E-state index in [9.17, 15) is 18.3 Å². The predicted molar refractivity (Wildman–Crippen MR) is 67.5 cm³/mol. The Morgan fingerprint density at radius 1 is 1.05 bits per heavy atom. The number of alkyl halides is 3. The summed E-state index contributed by atoms with van der Waals surface area (Å²) >= 11 is 0. The molecule has 100 valence electrons. The van der Waals surface area contributed by atoms with Gasteiger partial charge in [0.15, 0.2) is 0 Å². The van der Waals surface area contributed by atoms with Crippen molar-refractivity contribution in [3.63, 3.8) is 0 Å². The van der Waals surface area contributed by atoms with Crippen LogP contribution in [0.3, 0.4) is 0 Å². The van der Waals surface area contributed by atoms with Crippen molar-refractivity contribution in [3.05, 3.63) is 42.0 Å². The maximum Gasteiger partial charge on any atom is 0.478 e. The number of hydrogen-bond acceptors (Lipinski definition) is 1. The molecular formula is C14H13F3NO+. The molecule has 1 aliphatic rings. The second kappa shape index (κ2) is 3.29. The van der Waals surface area contributed by atoms with Gasteiger partial charge in [-0.15, -0.1) is 0 Å². The molecule has 2 aromatic rings. The Balaban J connectivity index is 2.50. The normalized spacial score (nSPS) is 24.9. The largest absolute Gasteiger partial charge is 0.478 e. The van der Waals surface area contributed by atoms with E-state index in [0.717, 1.165) is 0 Å². The lowest BCUT2D eigenvalue weighted by atomic mass is 9.98. The number of quaternary nitrogens is 1. The molecule has 3 rings (SSSR count). The van der Waals surface area contributed by atoms with Gasteiger partial charge in [0.2, 0.25) is 0 Å². The van der Waals surface area contributed by atoms with Gasteiger partial charge in [0.05, 0.1) is 25.0 Å². The molecule has 0 unspecified atom stereocenters. The number of halogens is 3. The van der Waals surface area contributed by atoms with Crippen LogP contribution in [0.4, 0.5) is 18.9 Å². The Bertz CT molecular complexity index is 673. The van der Waals surface area contributed by atoms with Crippen LogP contribution < -0.4 is 4.48 Å². The third-order valence-corrected chi connectivity index (χ3v) is 4.06.